The van der Waals surface area contributed by atoms with Gasteiger partial charge >= 0.3 is 0 Å². The van der Waals surface area contributed by atoms with E-state index in [-0.39, 0.29) is 5.91 Å². The highest BCUT2D eigenvalue weighted by Crippen LogP contribution is 2.11. The Morgan fingerprint density at radius 1 is 1.50 bits per heavy atom. The van der Waals surface area contributed by atoms with Crippen LogP contribution in [0.25, 0.3) is 0 Å². The lowest BCUT2D eigenvalue weighted by Gasteiger charge is -2.07. The van der Waals surface area contributed by atoms with Crippen LogP contribution in [0.4, 0.5) is 5.69 Å². The van der Waals surface area contributed by atoms with E-state index in [4.69, 9.17) is 5.73 Å². The molecule has 0 atom stereocenters. The van der Waals surface area contributed by atoms with Gasteiger partial charge in [-0.25, -0.2) is 0 Å². The molecule has 1 aromatic rings. The summed E-state index contributed by atoms with van der Waals surface area (Å²) < 4.78 is 1.66. The van der Waals surface area contributed by atoms with Gasteiger partial charge < -0.3 is 11.1 Å². The molecule has 0 bridgehead atoms. The standard InChI is InChI=1S/C11H20N4O/c1-3-5-6-13-11(16)10-9(12)8-14-15(10)7-4-2/h8H,3-7,12H2,1-2H3,(H,13,16). The van der Waals surface area contributed by atoms with Crippen LogP contribution in [-0.4, -0.2) is 22.2 Å². The van der Waals surface area contributed by atoms with Crippen molar-refractivity contribution >= 4 is 11.6 Å². The van der Waals surface area contributed by atoms with Crippen LogP contribution in [0.5, 0.6) is 0 Å². The first-order valence-corrected chi connectivity index (χ1v) is 5.80. The van der Waals surface area contributed by atoms with E-state index in [2.05, 4.69) is 17.3 Å². The summed E-state index contributed by atoms with van der Waals surface area (Å²) in [4.78, 5) is 11.8. The van der Waals surface area contributed by atoms with Gasteiger partial charge in [0.2, 0.25) is 0 Å². The number of rotatable bonds is 6. The van der Waals surface area contributed by atoms with Crippen LogP contribution < -0.4 is 11.1 Å². The van der Waals surface area contributed by atoms with Gasteiger partial charge in [-0.15, -0.1) is 0 Å². The molecule has 0 saturated heterocycles. The third-order valence-electron chi connectivity index (χ3n) is 2.33. The zero-order valence-corrected chi connectivity index (χ0v) is 9.99. The Kier molecular flexibility index (Phi) is 4.82. The number of nitrogens with two attached hydrogens (primary N) is 1. The zero-order chi connectivity index (χ0) is 12.0. The van der Waals surface area contributed by atoms with Gasteiger partial charge in [-0.05, 0) is 12.8 Å². The van der Waals surface area contributed by atoms with E-state index < -0.39 is 0 Å². The molecule has 0 radical (unpaired) electrons. The summed E-state index contributed by atoms with van der Waals surface area (Å²) in [7, 11) is 0. The van der Waals surface area contributed by atoms with Crippen LogP contribution in [0.3, 0.4) is 0 Å². The number of hydrogen-bond donors (Lipinski definition) is 2. The lowest BCUT2D eigenvalue weighted by atomic mass is 10.3. The molecular weight excluding hydrogens is 204 g/mol. The molecule has 1 amide bonds. The fraction of sp³-hybridized carbons (Fsp3) is 0.636. The van der Waals surface area contributed by atoms with Crippen LogP contribution in [-0.2, 0) is 6.54 Å². The molecule has 1 heterocycles. The fourth-order valence-electron chi connectivity index (χ4n) is 1.49. The second-order valence-corrected chi connectivity index (χ2v) is 3.78. The molecule has 0 aliphatic carbocycles. The second-order valence-electron chi connectivity index (χ2n) is 3.78. The molecule has 5 nitrogen and oxygen atoms in total. The Labute approximate surface area is 96.0 Å². The molecule has 0 saturated carbocycles. The first-order chi connectivity index (χ1) is 7.70. The maximum absolute atomic E-state index is 11.8. The molecule has 90 valence electrons. The van der Waals surface area contributed by atoms with Crippen molar-refractivity contribution in [1.82, 2.24) is 15.1 Å². The summed E-state index contributed by atoms with van der Waals surface area (Å²) in [6.45, 7) is 5.53. The summed E-state index contributed by atoms with van der Waals surface area (Å²) in [5, 5.41) is 6.93. The number of anilines is 1. The van der Waals surface area contributed by atoms with Crippen LogP contribution in [0.2, 0.25) is 0 Å². The number of aromatic nitrogens is 2. The number of carbonyl (C=O) groups is 1. The van der Waals surface area contributed by atoms with Gasteiger partial charge in [0.1, 0.15) is 5.69 Å². The second kappa shape index (κ2) is 6.15. The Morgan fingerprint density at radius 2 is 2.25 bits per heavy atom. The Morgan fingerprint density at radius 3 is 2.88 bits per heavy atom. The molecule has 0 aromatic carbocycles. The van der Waals surface area contributed by atoms with Gasteiger partial charge in [-0.2, -0.15) is 5.10 Å². The van der Waals surface area contributed by atoms with E-state index in [1.54, 1.807) is 4.68 Å². The van der Waals surface area contributed by atoms with Gasteiger partial charge in [0.15, 0.2) is 0 Å². The number of nitrogens with one attached hydrogen (secondary N) is 1. The first-order valence-electron chi connectivity index (χ1n) is 5.80. The van der Waals surface area contributed by atoms with Gasteiger partial charge in [-0.1, -0.05) is 20.3 Å². The van der Waals surface area contributed by atoms with Crippen molar-refractivity contribution in [1.29, 1.82) is 0 Å². The molecule has 0 aliphatic rings. The van der Waals surface area contributed by atoms with Crippen molar-refractivity contribution in [3.05, 3.63) is 11.9 Å². The molecule has 1 aromatic heterocycles. The average Bonchev–Trinajstić information content (AvgIpc) is 2.61. The molecule has 0 spiro atoms. The number of amides is 1. The van der Waals surface area contributed by atoms with E-state index in [0.29, 0.717) is 24.5 Å². The molecule has 0 aliphatic heterocycles. The van der Waals surface area contributed by atoms with Crippen molar-refractivity contribution in [2.45, 2.75) is 39.7 Å². The maximum atomic E-state index is 11.8. The van der Waals surface area contributed by atoms with E-state index >= 15 is 0 Å². The molecule has 0 unspecified atom stereocenters. The summed E-state index contributed by atoms with van der Waals surface area (Å²) in [5.74, 6) is -0.128. The Bertz CT molecular complexity index is 346. The van der Waals surface area contributed by atoms with Gasteiger partial charge in [0.25, 0.3) is 5.91 Å². The maximum Gasteiger partial charge on any atom is 0.271 e. The van der Waals surface area contributed by atoms with E-state index in [0.717, 1.165) is 19.3 Å². The fourth-order valence-corrected chi connectivity index (χ4v) is 1.49. The van der Waals surface area contributed by atoms with Crippen LogP contribution >= 0.6 is 0 Å². The van der Waals surface area contributed by atoms with E-state index in [1.807, 2.05) is 6.92 Å². The SMILES string of the molecule is CCCCNC(=O)c1c(N)cnn1CCC. The first kappa shape index (κ1) is 12.5. The lowest BCUT2D eigenvalue weighted by Crippen LogP contribution is -2.28. The molecule has 1 rings (SSSR count). The predicted octanol–water partition coefficient (Wildman–Crippen LogP) is 1.41. The highest BCUT2D eigenvalue weighted by molar-refractivity contribution is 5.97. The minimum atomic E-state index is -0.128. The third-order valence-corrected chi connectivity index (χ3v) is 2.33. The van der Waals surface area contributed by atoms with Crippen molar-refractivity contribution in [2.75, 3.05) is 12.3 Å². The Hall–Kier alpha value is -1.52. The van der Waals surface area contributed by atoms with Crippen LogP contribution in [0, 0.1) is 0 Å². The minimum absolute atomic E-state index is 0.128. The summed E-state index contributed by atoms with van der Waals surface area (Å²) in [6.07, 6.45) is 4.50. The topological polar surface area (TPSA) is 72.9 Å². The number of unbranched alkanes of at least 4 members (excludes halogenated alkanes) is 1. The average molecular weight is 224 g/mol. The van der Waals surface area contributed by atoms with Crippen molar-refractivity contribution in [2.24, 2.45) is 0 Å². The number of hydrogen-bond acceptors (Lipinski definition) is 3. The summed E-state index contributed by atoms with van der Waals surface area (Å²) >= 11 is 0. The number of aryl methyl sites for hydroxylation is 1. The largest absolute Gasteiger partial charge is 0.396 e. The molecule has 0 fully saturated rings. The number of nitrogen functional groups attached to an aromatic ring is 1. The summed E-state index contributed by atoms with van der Waals surface area (Å²) in [5.41, 5.74) is 6.66. The van der Waals surface area contributed by atoms with Gasteiger partial charge in [0.05, 0.1) is 11.9 Å². The summed E-state index contributed by atoms with van der Waals surface area (Å²) in [6, 6.07) is 0. The predicted molar refractivity (Wildman–Crippen MR) is 64.2 cm³/mol. The van der Waals surface area contributed by atoms with E-state index in [1.165, 1.54) is 6.20 Å². The van der Waals surface area contributed by atoms with E-state index in [9.17, 15) is 4.79 Å². The van der Waals surface area contributed by atoms with Gasteiger partial charge in [0, 0.05) is 13.1 Å². The zero-order valence-electron chi connectivity index (χ0n) is 9.99. The molecule has 5 heteroatoms. The molecule has 3 N–H and O–H groups in total. The van der Waals surface area contributed by atoms with Gasteiger partial charge in [-0.3, -0.25) is 9.48 Å². The number of nitrogens with zero attached hydrogens (tertiary/aromatic N) is 2. The van der Waals surface area contributed by atoms with Crippen molar-refractivity contribution in [3.8, 4) is 0 Å². The monoisotopic (exact) mass is 224 g/mol. The number of carbonyl (C=O) groups excluding carboxylic acids is 1. The normalized spacial score (nSPS) is 10.4. The van der Waals surface area contributed by atoms with Crippen LogP contribution in [0.15, 0.2) is 6.20 Å². The molecule has 16 heavy (non-hydrogen) atoms. The Balaban J connectivity index is 2.69. The highest BCUT2D eigenvalue weighted by Gasteiger charge is 2.15. The highest BCUT2D eigenvalue weighted by atomic mass is 16.2. The quantitative estimate of drug-likeness (QED) is 0.717. The van der Waals surface area contributed by atoms with Crippen molar-refractivity contribution < 1.29 is 4.79 Å². The van der Waals surface area contributed by atoms with Crippen LogP contribution in [0.1, 0.15) is 43.6 Å². The minimum Gasteiger partial charge on any atom is -0.396 e. The molecular formula is C11H20N4O. The smallest absolute Gasteiger partial charge is 0.271 e. The van der Waals surface area contributed by atoms with Crippen molar-refractivity contribution in [3.63, 3.8) is 0 Å². The third kappa shape index (κ3) is 2.98. The lowest BCUT2D eigenvalue weighted by molar-refractivity contribution is 0.0943.